The van der Waals surface area contributed by atoms with Gasteiger partial charge in [-0.25, -0.2) is 0 Å². The lowest BCUT2D eigenvalue weighted by Gasteiger charge is -2.23. The van der Waals surface area contributed by atoms with Crippen LogP contribution in [-0.2, 0) is 4.79 Å². The molecule has 1 heterocycles. The summed E-state index contributed by atoms with van der Waals surface area (Å²) in [5, 5.41) is 12.4. The lowest BCUT2D eigenvalue weighted by molar-refractivity contribution is -0.117. The van der Waals surface area contributed by atoms with Crippen molar-refractivity contribution in [2.75, 3.05) is 6.61 Å². The van der Waals surface area contributed by atoms with E-state index in [-0.39, 0.29) is 24.5 Å². The third-order valence-electron chi connectivity index (χ3n) is 3.66. The Labute approximate surface area is 113 Å². The van der Waals surface area contributed by atoms with Crippen LogP contribution in [0.5, 0.6) is 0 Å². The van der Waals surface area contributed by atoms with Crippen LogP contribution in [0.3, 0.4) is 0 Å². The van der Waals surface area contributed by atoms with Crippen LogP contribution in [0.1, 0.15) is 37.9 Å². The zero-order valence-electron chi connectivity index (χ0n) is 11.0. The van der Waals surface area contributed by atoms with Crippen LogP contribution in [0.4, 0.5) is 0 Å². The Morgan fingerprint density at radius 3 is 3.00 bits per heavy atom. The number of nitrogens with one attached hydrogen (secondary N) is 1. The molecule has 0 radical (unpaired) electrons. The zero-order chi connectivity index (χ0) is 13.5. The minimum atomic E-state index is -0.123. The standard InChI is InChI=1S/C15H21NO3/c17-11-12-5-2-1-3-7-14(12)16-15(18)9-8-13-6-4-10-19-13/h4,6,8-10,12,14,17H,1-3,5,7,11H2,(H,16,18)/b9-8+. The molecule has 104 valence electrons. The largest absolute Gasteiger partial charge is 0.465 e. The predicted octanol–water partition coefficient (Wildman–Crippen LogP) is 2.35. The summed E-state index contributed by atoms with van der Waals surface area (Å²) >= 11 is 0. The van der Waals surface area contributed by atoms with Crippen LogP contribution >= 0.6 is 0 Å². The summed E-state index contributed by atoms with van der Waals surface area (Å²) in [7, 11) is 0. The van der Waals surface area contributed by atoms with E-state index in [1.54, 1.807) is 24.5 Å². The van der Waals surface area contributed by atoms with E-state index >= 15 is 0 Å². The Morgan fingerprint density at radius 1 is 1.42 bits per heavy atom. The van der Waals surface area contributed by atoms with Crippen LogP contribution in [0.2, 0.25) is 0 Å². The van der Waals surface area contributed by atoms with Gasteiger partial charge in [-0.15, -0.1) is 0 Å². The van der Waals surface area contributed by atoms with Crippen molar-refractivity contribution in [1.29, 1.82) is 0 Å². The molecular formula is C15H21NO3. The first-order chi connectivity index (χ1) is 9.29. The summed E-state index contributed by atoms with van der Waals surface area (Å²) in [4.78, 5) is 11.9. The number of carbonyl (C=O) groups excluding carboxylic acids is 1. The normalized spacial score (nSPS) is 24.3. The summed E-state index contributed by atoms with van der Waals surface area (Å²) in [5.74, 6) is 0.722. The second-order valence-electron chi connectivity index (χ2n) is 5.04. The minimum Gasteiger partial charge on any atom is -0.465 e. The fraction of sp³-hybridized carbons (Fsp3) is 0.533. The number of carbonyl (C=O) groups is 1. The lowest BCUT2D eigenvalue weighted by atomic mass is 9.95. The van der Waals surface area contributed by atoms with E-state index < -0.39 is 0 Å². The Morgan fingerprint density at radius 2 is 2.26 bits per heavy atom. The van der Waals surface area contributed by atoms with Crippen molar-refractivity contribution >= 4 is 12.0 Å². The quantitative estimate of drug-likeness (QED) is 0.647. The molecule has 19 heavy (non-hydrogen) atoms. The fourth-order valence-electron chi connectivity index (χ4n) is 2.57. The maximum Gasteiger partial charge on any atom is 0.244 e. The molecule has 1 fully saturated rings. The van der Waals surface area contributed by atoms with Gasteiger partial charge in [0.2, 0.25) is 5.91 Å². The zero-order valence-corrected chi connectivity index (χ0v) is 11.0. The van der Waals surface area contributed by atoms with Crippen molar-refractivity contribution < 1.29 is 14.3 Å². The Kier molecular flexibility index (Phi) is 5.21. The van der Waals surface area contributed by atoms with Crippen LogP contribution in [-0.4, -0.2) is 23.7 Å². The van der Waals surface area contributed by atoms with E-state index in [0.29, 0.717) is 5.76 Å². The maximum atomic E-state index is 11.9. The van der Waals surface area contributed by atoms with E-state index in [1.807, 2.05) is 0 Å². The molecule has 0 aliphatic heterocycles. The number of aliphatic hydroxyl groups excluding tert-OH is 1. The molecule has 1 aromatic heterocycles. The highest BCUT2D eigenvalue weighted by molar-refractivity contribution is 5.91. The smallest absolute Gasteiger partial charge is 0.244 e. The molecule has 0 saturated heterocycles. The van der Waals surface area contributed by atoms with Gasteiger partial charge < -0.3 is 14.8 Å². The van der Waals surface area contributed by atoms with Gasteiger partial charge in [0.25, 0.3) is 0 Å². The number of amides is 1. The van der Waals surface area contributed by atoms with Gasteiger partial charge in [-0.3, -0.25) is 4.79 Å². The summed E-state index contributed by atoms with van der Waals surface area (Å²) in [6, 6.07) is 3.66. The van der Waals surface area contributed by atoms with E-state index in [4.69, 9.17) is 4.42 Å². The highest BCUT2D eigenvalue weighted by Crippen LogP contribution is 2.23. The van der Waals surface area contributed by atoms with E-state index in [9.17, 15) is 9.90 Å². The first-order valence-electron chi connectivity index (χ1n) is 6.92. The van der Waals surface area contributed by atoms with Gasteiger partial charge in [0, 0.05) is 24.6 Å². The maximum absolute atomic E-state index is 11.9. The molecule has 1 aliphatic rings. The summed E-state index contributed by atoms with van der Waals surface area (Å²) in [5.41, 5.74) is 0. The molecule has 0 aromatic carbocycles. The highest BCUT2D eigenvalue weighted by atomic mass is 16.3. The van der Waals surface area contributed by atoms with Crippen molar-refractivity contribution in [3.05, 3.63) is 30.2 Å². The second kappa shape index (κ2) is 7.14. The second-order valence-corrected chi connectivity index (χ2v) is 5.04. The van der Waals surface area contributed by atoms with Crippen LogP contribution in [0.25, 0.3) is 6.08 Å². The molecule has 2 N–H and O–H groups in total. The van der Waals surface area contributed by atoms with Crippen molar-refractivity contribution in [3.63, 3.8) is 0 Å². The van der Waals surface area contributed by atoms with Crippen molar-refractivity contribution in [2.24, 2.45) is 5.92 Å². The highest BCUT2D eigenvalue weighted by Gasteiger charge is 2.23. The van der Waals surface area contributed by atoms with Crippen molar-refractivity contribution in [3.8, 4) is 0 Å². The number of furan rings is 1. The Hall–Kier alpha value is -1.55. The van der Waals surface area contributed by atoms with Crippen LogP contribution in [0, 0.1) is 5.92 Å². The monoisotopic (exact) mass is 263 g/mol. The van der Waals surface area contributed by atoms with E-state index in [0.717, 1.165) is 25.7 Å². The molecule has 1 amide bonds. The van der Waals surface area contributed by atoms with E-state index in [1.165, 1.54) is 12.5 Å². The molecule has 1 aliphatic carbocycles. The summed E-state index contributed by atoms with van der Waals surface area (Å²) < 4.78 is 5.13. The van der Waals surface area contributed by atoms with Gasteiger partial charge >= 0.3 is 0 Å². The Balaban J connectivity index is 1.89. The molecule has 1 aromatic rings. The molecular weight excluding hydrogens is 242 g/mol. The van der Waals surface area contributed by atoms with Gasteiger partial charge in [-0.2, -0.15) is 0 Å². The van der Waals surface area contributed by atoms with Gasteiger partial charge in [0.05, 0.1) is 6.26 Å². The molecule has 0 bridgehead atoms. The van der Waals surface area contributed by atoms with Gasteiger partial charge in [-0.05, 0) is 31.1 Å². The number of hydrogen-bond acceptors (Lipinski definition) is 3. The molecule has 2 rings (SSSR count). The van der Waals surface area contributed by atoms with Gasteiger partial charge in [0.1, 0.15) is 5.76 Å². The number of aliphatic hydroxyl groups is 1. The molecule has 2 atom stereocenters. The molecule has 0 spiro atoms. The van der Waals surface area contributed by atoms with Crippen LogP contribution < -0.4 is 5.32 Å². The van der Waals surface area contributed by atoms with Gasteiger partial charge in [-0.1, -0.05) is 19.3 Å². The molecule has 1 saturated carbocycles. The molecule has 4 heteroatoms. The van der Waals surface area contributed by atoms with E-state index in [2.05, 4.69) is 5.32 Å². The van der Waals surface area contributed by atoms with Crippen LogP contribution in [0.15, 0.2) is 28.9 Å². The average molecular weight is 263 g/mol. The van der Waals surface area contributed by atoms with Crippen molar-refractivity contribution in [1.82, 2.24) is 5.32 Å². The number of hydrogen-bond donors (Lipinski definition) is 2. The third kappa shape index (κ3) is 4.24. The fourth-order valence-corrected chi connectivity index (χ4v) is 2.57. The average Bonchev–Trinajstić information content (AvgIpc) is 2.83. The number of rotatable bonds is 4. The first-order valence-corrected chi connectivity index (χ1v) is 6.92. The lowest BCUT2D eigenvalue weighted by Crippen LogP contribution is -2.40. The molecule has 2 unspecified atom stereocenters. The third-order valence-corrected chi connectivity index (χ3v) is 3.66. The Bertz CT molecular complexity index is 411. The summed E-state index contributed by atoms with van der Waals surface area (Å²) in [6.07, 6.45) is 10.1. The minimum absolute atomic E-state index is 0.0845. The van der Waals surface area contributed by atoms with Crippen molar-refractivity contribution in [2.45, 2.75) is 38.1 Å². The SMILES string of the molecule is O=C(/C=C/c1ccco1)NC1CCCCCC1CO. The first kappa shape index (κ1) is 13.9. The van der Waals surface area contributed by atoms with Gasteiger partial charge in [0.15, 0.2) is 0 Å². The topological polar surface area (TPSA) is 62.5 Å². The predicted molar refractivity (Wildman–Crippen MR) is 73.3 cm³/mol. The summed E-state index contributed by atoms with van der Waals surface area (Å²) in [6.45, 7) is 0.146. The molecule has 4 nitrogen and oxygen atoms in total.